The number of carbonyl (C=O) groups is 2. The number of hydrogen-bond acceptors (Lipinski definition) is 7. The van der Waals surface area contributed by atoms with Crippen molar-refractivity contribution in [2.24, 2.45) is 0 Å². The van der Waals surface area contributed by atoms with Crippen LogP contribution in [0.4, 0.5) is 24.5 Å². The summed E-state index contributed by atoms with van der Waals surface area (Å²) in [4.78, 5) is 31.5. The van der Waals surface area contributed by atoms with Crippen LogP contribution in [0.3, 0.4) is 0 Å². The zero-order valence-corrected chi connectivity index (χ0v) is 30.3. The zero-order chi connectivity index (χ0) is 37.1. The third-order valence-corrected chi connectivity index (χ3v) is 10.5. The lowest BCUT2D eigenvalue weighted by molar-refractivity contribution is -0.192. The molecule has 9 nitrogen and oxygen atoms in total. The van der Waals surface area contributed by atoms with E-state index in [4.69, 9.17) is 9.90 Å². The molecule has 13 heteroatoms. The summed E-state index contributed by atoms with van der Waals surface area (Å²) < 4.78 is 60.2. The Labute approximate surface area is 294 Å². The van der Waals surface area contributed by atoms with E-state index in [-0.39, 0.29) is 16.6 Å². The van der Waals surface area contributed by atoms with E-state index in [2.05, 4.69) is 45.9 Å². The quantitative estimate of drug-likeness (QED) is 0.213. The van der Waals surface area contributed by atoms with Gasteiger partial charge in [0.15, 0.2) is 9.84 Å². The first-order chi connectivity index (χ1) is 23.6. The fraction of sp³-hybridized carbons (Fsp3) is 0.459. The summed E-state index contributed by atoms with van der Waals surface area (Å²) in [5, 5.41) is 7.12. The normalized spacial score (nSPS) is 13.8. The lowest BCUT2D eigenvalue weighted by atomic mass is 9.89. The Morgan fingerprint density at radius 3 is 1.88 bits per heavy atom. The monoisotopic (exact) mass is 718 g/mol. The Hall–Kier alpha value is -4.10. The molecule has 0 bridgehead atoms. The number of hydrogen-bond donors (Lipinski definition) is 1. The van der Waals surface area contributed by atoms with Gasteiger partial charge in [-0.25, -0.2) is 13.2 Å². The number of benzene rings is 3. The number of carbonyl (C=O) groups excluding carboxylic acids is 1. The SMILES string of the molecule is CCN(CC)C(=O)c1cc(S(=O)(=O)Cc2ccccc2)c(N2CCC(c3ccccc3)CC2)cc1N(CC)CCN(C)C.O=C(O)C(F)(F)F. The van der Waals surface area contributed by atoms with E-state index < -0.39 is 22.0 Å². The predicted molar refractivity (Wildman–Crippen MR) is 192 cm³/mol. The van der Waals surface area contributed by atoms with E-state index in [0.29, 0.717) is 36.8 Å². The first-order valence-corrected chi connectivity index (χ1v) is 18.5. The lowest BCUT2D eigenvalue weighted by Gasteiger charge is -2.36. The number of sulfone groups is 1. The first-order valence-electron chi connectivity index (χ1n) is 16.9. The van der Waals surface area contributed by atoms with Gasteiger partial charge in [-0.3, -0.25) is 4.79 Å². The zero-order valence-electron chi connectivity index (χ0n) is 29.5. The van der Waals surface area contributed by atoms with Gasteiger partial charge < -0.3 is 24.7 Å². The minimum absolute atomic E-state index is 0.113. The molecule has 1 N–H and O–H groups in total. The van der Waals surface area contributed by atoms with Crippen molar-refractivity contribution in [3.63, 3.8) is 0 Å². The summed E-state index contributed by atoms with van der Waals surface area (Å²) >= 11 is 0. The van der Waals surface area contributed by atoms with E-state index in [1.54, 1.807) is 11.0 Å². The van der Waals surface area contributed by atoms with Gasteiger partial charge >= 0.3 is 12.1 Å². The molecule has 1 saturated heterocycles. The van der Waals surface area contributed by atoms with Crippen LogP contribution in [0.2, 0.25) is 0 Å². The number of aliphatic carboxylic acids is 1. The van der Waals surface area contributed by atoms with Crippen molar-refractivity contribution < 1.29 is 36.3 Å². The maximum Gasteiger partial charge on any atom is 0.490 e. The van der Waals surface area contributed by atoms with E-state index in [1.165, 1.54) is 5.56 Å². The number of carboxylic acids is 1. The van der Waals surface area contributed by atoms with Crippen molar-refractivity contribution in [1.29, 1.82) is 0 Å². The topological polar surface area (TPSA) is 101 Å². The summed E-state index contributed by atoms with van der Waals surface area (Å²) in [5.41, 5.74) is 4.04. The molecule has 4 rings (SSSR count). The number of carboxylic acid groups (broad SMARTS) is 1. The minimum Gasteiger partial charge on any atom is -0.475 e. The number of amides is 1. The van der Waals surface area contributed by atoms with Crippen molar-refractivity contribution in [3.05, 3.63) is 89.5 Å². The van der Waals surface area contributed by atoms with Crippen LogP contribution in [-0.2, 0) is 20.4 Å². The fourth-order valence-electron chi connectivity index (χ4n) is 5.99. The Kier molecular flexibility index (Phi) is 14.7. The molecule has 1 amide bonds. The van der Waals surface area contributed by atoms with Gasteiger partial charge in [0.25, 0.3) is 5.91 Å². The number of piperidine rings is 1. The lowest BCUT2D eigenvalue weighted by Crippen LogP contribution is -2.37. The van der Waals surface area contributed by atoms with Gasteiger partial charge in [0, 0.05) is 45.8 Å². The molecule has 0 radical (unpaired) electrons. The van der Waals surface area contributed by atoms with Crippen LogP contribution >= 0.6 is 0 Å². The Bertz CT molecular complexity index is 1640. The largest absolute Gasteiger partial charge is 0.490 e. The van der Waals surface area contributed by atoms with Crippen molar-refractivity contribution in [2.45, 2.75) is 56.4 Å². The summed E-state index contributed by atoms with van der Waals surface area (Å²) in [5.74, 6) is -2.56. The van der Waals surface area contributed by atoms with Crippen molar-refractivity contribution in [1.82, 2.24) is 9.80 Å². The van der Waals surface area contributed by atoms with E-state index in [9.17, 15) is 26.4 Å². The van der Waals surface area contributed by atoms with Crippen LogP contribution < -0.4 is 9.80 Å². The molecular formula is C37H49F3N4O5S. The second-order valence-electron chi connectivity index (χ2n) is 12.4. The van der Waals surface area contributed by atoms with E-state index in [1.807, 2.05) is 70.4 Å². The van der Waals surface area contributed by atoms with Crippen molar-refractivity contribution >= 4 is 33.1 Å². The summed E-state index contributed by atoms with van der Waals surface area (Å²) in [7, 11) is 0.310. The van der Waals surface area contributed by atoms with Crippen LogP contribution in [0.1, 0.15) is 61.0 Å². The molecule has 3 aromatic rings. The van der Waals surface area contributed by atoms with Crippen LogP contribution in [0.25, 0.3) is 0 Å². The smallest absolute Gasteiger partial charge is 0.475 e. The molecule has 0 saturated carbocycles. The van der Waals surface area contributed by atoms with Gasteiger partial charge in [0.2, 0.25) is 0 Å². The van der Waals surface area contributed by atoms with E-state index in [0.717, 1.165) is 50.3 Å². The number of likely N-dealkylation sites (N-methyl/N-ethyl adjacent to an activating group) is 2. The standard InChI is InChI=1S/C35H48N4O3S.C2HF3O2/c1-6-37(7-2)35(40)31-25-34(43(41,42)27-28-15-11-9-12-16-28)33(26-32(31)38(8-3)24-23-36(4)5)39-21-19-30(20-22-39)29-17-13-10-14-18-29;3-2(4,5)1(6)7/h9-18,25-26,30H,6-8,19-24,27H2,1-5H3;(H,6,7). The average Bonchev–Trinajstić information content (AvgIpc) is 3.09. The van der Waals surface area contributed by atoms with Crippen molar-refractivity contribution in [2.75, 3.05) is 69.7 Å². The molecule has 1 aliphatic rings. The highest BCUT2D eigenvalue weighted by atomic mass is 32.2. The molecule has 1 fully saturated rings. The summed E-state index contributed by atoms with van der Waals surface area (Å²) in [6.45, 7) is 10.9. The Morgan fingerprint density at radius 2 is 1.40 bits per heavy atom. The predicted octanol–water partition coefficient (Wildman–Crippen LogP) is 6.55. The third kappa shape index (κ3) is 10.9. The third-order valence-electron chi connectivity index (χ3n) is 8.78. The maximum absolute atomic E-state index is 14.2. The molecule has 0 atom stereocenters. The van der Waals surface area contributed by atoms with Gasteiger partial charge in [0.05, 0.1) is 27.6 Å². The molecule has 0 spiro atoms. The summed E-state index contributed by atoms with van der Waals surface area (Å²) in [6, 6.07) is 23.6. The average molecular weight is 719 g/mol. The van der Waals surface area contributed by atoms with E-state index >= 15 is 0 Å². The highest BCUT2D eigenvalue weighted by Gasteiger charge is 2.38. The number of halogens is 3. The van der Waals surface area contributed by atoms with Crippen LogP contribution in [0.5, 0.6) is 0 Å². The molecule has 0 unspecified atom stereocenters. The van der Waals surface area contributed by atoms with Gasteiger partial charge in [-0.15, -0.1) is 0 Å². The second-order valence-corrected chi connectivity index (χ2v) is 14.4. The number of alkyl halides is 3. The molecule has 1 heterocycles. The fourth-order valence-corrected chi connectivity index (χ4v) is 7.58. The highest BCUT2D eigenvalue weighted by molar-refractivity contribution is 7.90. The maximum atomic E-state index is 14.2. The van der Waals surface area contributed by atoms with Crippen LogP contribution in [-0.4, -0.2) is 101 Å². The van der Waals surface area contributed by atoms with Gasteiger partial charge in [0.1, 0.15) is 0 Å². The highest BCUT2D eigenvalue weighted by Crippen LogP contribution is 2.39. The first kappa shape index (κ1) is 40.3. The molecule has 1 aliphatic heterocycles. The minimum atomic E-state index is -5.08. The molecule has 0 aromatic heterocycles. The van der Waals surface area contributed by atoms with Crippen LogP contribution in [0.15, 0.2) is 77.7 Å². The number of rotatable bonds is 13. The Morgan fingerprint density at radius 1 is 0.860 bits per heavy atom. The number of anilines is 2. The summed E-state index contributed by atoms with van der Waals surface area (Å²) in [6.07, 6.45) is -3.20. The second kappa shape index (κ2) is 18.2. The molecule has 274 valence electrons. The molecule has 3 aromatic carbocycles. The molecule has 0 aliphatic carbocycles. The van der Waals surface area contributed by atoms with Crippen molar-refractivity contribution in [3.8, 4) is 0 Å². The number of nitrogens with zero attached hydrogens (tertiary/aromatic N) is 4. The van der Waals surface area contributed by atoms with Gasteiger partial charge in [-0.05, 0) is 76.9 Å². The van der Waals surface area contributed by atoms with Gasteiger partial charge in [-0.2, -0.15) is 13.2 Å². The van der Waals surface area contributed by atoms with Gasteiger partial charge in [-0.1, -0.05) is 60.7 Å². The Balaban J connectivity index is 0.000000872. The molecular weight excluding hydrogens is 669 g/mol. The van der Waals surface area contributed by atoms with Crippen LogP contribution in [0, 0.1) is 0 Å². The molecule has 50 heavy (non-hydrogen) atoms.